The van der Waals surface area contributed by atoms with Crippen LogP contribution in [0.1, 0.15) is 25.7 Å². The molecule has 96 valence electrons. The van der Waals surface area contributed by atoms with Gasteiger partial charge < -0.3 is 14.4 Å². The smallest absolute Gasteiger partial charge is 0.0605 e. The molecule has 0 saturated carbocycles. The Morgan fingerprint density at radius 2 is 1.94 bits per heavy atom. The van der Waals surface area contributed by atoms with Gasteiger partial charge in [-0.1, -0.05) is 0 Å². The van der Waals surface area contributed by atoms with Crippen LogP contribution < -0.4 is 0 Å². The van der Waals surface area contributed by atoms with Gasteiger partial charge in [-0.3, -0.25) is 0 Å². The molecule has 1 rings (SSSR count). The van der Waals surface area contributed by atoms with Crippen molar-refractivity contribution in [3.8, 4) is 0 Å². The van der Waals surface area contributed by atoms with E-state index in [1.165, 1.54) is 32.5 Å². The van der Waals surface area contributed by atoms with Gasteiger partial charge in [0.05, 0.1) is 12.7 Å². The Labute approximate surface area is 104 Å². The second-order valence-electron chi connectivity index (χ2n) is 4.30. The lowest BCUT2D eigenvalue weighted by atomic mass is 10.1. The largest absolute Gasteiger partial charge is 0.385 e. The Kier molecular flexibility index (Phi) is 8.21. The lowest BCUT2D eigenvalue weighted by molar-refractivity contribution is 0.0146. The molecule has 16 heavy (non-hydrogen) atoms. The zero-order valence-electron chi connectivity index (χ0n) is 10.3. The molecule has 0 aliphatic carbocycles. The zero-order valence-corrected chi connectivity index (χ0v) is 11.0. The van der Waals surface area contributed by atoms with Crippen LogP contribution in [0.15, 0.2) is 0 Å². The summed E-state index contributed by atoms with van der Waals surface area (Å²) in [6.45, 7) is 5.11. The Morgan fingerprint density at radius 3 is 2.56 bits per heavy atom. The second-order valence-corrected chi connectivity index (χ2v) is 4.68. The van der Waals surface area contributed by atoms with Crippen molar-refractivity contribution in [3.05, 3.63) is 0 Å². The van der Waals surface area contributed by atoms with Gasteiger partial charge in [0.1, 0.15) is 0 Å². The molecule has 0 radical (unpaired) electrons. The maximum absolute atomic E-state index is 5.64. The zero-order chi connectivity index (χ0) is 11.6. The molecule has 0 spiro atoms. The Balaban J connectivity index is 1.98. The fourth-order valence-corrected chi connectivity index (χ4v) is 2.18. The summed E-state index contributed by atoms with van der Waals surface area (Å²) in [7, 11) is 1.76. The van der Waals surface area contributed by atoms with Gasteiger partial charge in [0, 0.05) is 32.7 Å². The van der Waals surface area contributed by atoms with Crippen molar-refractivity contribution < 1.29 is 9.47 Å². The molecule has 0 N–H and O–H groups in total. The summed E-state index contributed by atoms with van der Waals surface area (Å²) in [6, 6.07) is 0. The van der Waals surface area contributed by atoms with Gasteiger partial charge in [0.2, 0.25) is 0 Å². The molecule has 0 bridgehead atoms. The van der Waals surface area contributed by atoms with Crippen LogP contribution in [0.2, 0.25) is 0 Å². The van der Waals surface area contributed by atoms with Crippen LogP contribution in [0.3, 0.4) is 0 Å². The summed E-state index contributed by atoms with van der Waals surface area (Å²) < 4.78 is 10.7. The molecule has 0 aromatic rings. The number of hydrogen-bond acceptors (Lipinski definition) is 3. The Hall–Kier alpha value is 0.170. The minimum absolute atomic E-state index is 0.439. The Morgan fingerprint density at radius 1 is 1.19 bits per heavy atom. The molecule has 1 heterocycles. The lowest BCUT2D eigenvalue weighted by Gasteiger charge is -2.31. The monoisotopic (exact) mass is 249 g/mol. The molecule has 1 saturated heterocycles. The SMILES string of the molecule is COCCCCN1CCC(OCCCl)CC1. The average Bonchev–Trinajstić information content (AvgIpc) is 2.33. The van der Waals surface area contributed by atoms with Crippen molar-refractivity contribution in [1.82, 2.24) is 4.90 Å². The number of likely N-dealkylation sites (tertiary alicyclic amines) is 1. The highest BCUT2D eigenvalue weighted by Gasteiger charge is 2.18. The van der Waals surface area contributed by atoms with Crippen LogP contribution >= 0.6 is 11.6 Å². The molecule has 0 amide bonds. The number of methoxy groups -OCH3 is 1. The normalized spacial score (nSPS) is 19.1. The molecular formula is C12H24ClNO2. The van der Waals surface area contributed by atoms with E-state index in [1.54, 1.807) is 7.11 Å². The minimum Gasteiger partial charge on any atom is -0.385 e. The molecule has 1 aliphatic rings. The van der Waals surface area contributed by atoms with E-state index < -0.39 is 0 Å². The average molecular weight is 250 g/mol. The number of rotatable bonds is 8. The van der Waals surface area contributed by atoms with Gasteiger partial charge in [0.15, 0.2) is 0 Å². The quantitative estimate of drug-likeness (QED) is 0.486. The maximum Gasteiger partial charge on any atom is 0.0605 e. The summed E-state index contributed by atoms with van der Waals surface area (Å²) in [5.41, 5.74) is 0. The van der Waals surface area contributed by atoms with Gasteiger partial charge in [-0.2, -0.15) is 0 Å². The highest BCUT2D eigenvalue weighted by molar-refractivity contribution is 6.17. The van der Waals surface area contributed by atoms with Crippen LogP contribution in [0, 0.1) is 0 Å². The summed E-state index contributed by atoms with van der Waals surface area (Å²) >= 11 is 5.60. The molecule has 0 unspecified atom stereocenters. The fourth-order valence-electron chi connectivity index (χ4n) is 2.09. The fraction of sp³-hybridized carbons (Fsp3) is 1.00. The predicted molar refractivity (Wildman–Crippen MR) is 67.2 cm³/mol. The van der Waals surface area contributed by atoms with Crippen molar-refractivity contribution >= 4 is 11.6 Å². The number of unbranched alkanes of at least 4 members (excludes halogenated alkanes) is 1. The van der Waals surface area contributed by atoms with Crippen molar-refractivity contribution in [2.75, 3.05) is 45.8 Å². The van der Waals surface area contributed by atoms with E-state index in [9.17, 15) is 0 Å². The first-order valence-corrected chi connectivity index (χ1v) is 6.79. The highest BCUT2D eigenvalue weighted by atomic mass is 35.5. The van der Waals surface area contributed by atoms with Crippen LogP contribution in [-0.4, -0.2) is 56.8 Å². The topological polar surface area (TPSA) is 21.7 Å². The van der Waals surface area contributed by atoms with Crippen LogP contribution in [0.4, 0.5) is 0 Å². The van der Waals surface area contributed by atoms with Crippen molar-refractivity contribution in [3.63, 3.8) is 0 Å². The van der Waals surface area contributed by atoms with Gasteiger partial charge in [-0.15, -0.1) is 11.6 Å². The van der Waals surface area contributed by atoms with Gasteiger partial charge in [0.25, 0.3) is 0 Å². The third-order valence-electron chi connectivity index (χ3n) is 3.04. The van der Waals surface area contributed by atoms with E-state index in [0.29, 0.717) is 18.6 Å². The van der Waals surface area contributed by atoms with Crippen molar-refractivity contribution in [2.45, 2.75) is 31.8 Å². The predicted octanol–water partition coefficient (Wildman–Crippen LogP) is 2.13. The number of nitrogens with zero attached hydrogens (tertiary/aromatic N) is 1. The van der Waals surface area contributed by atoms with E-state index in [-0.39, 0.29) is 0 Å². The molecule has 3 nitrogen and oxygen atoms in total. The Bertz CT molecular complexity index is 161. The van der Waals surface area contributed by atoms with Crippen LogP contribution in [0.5, 0.6) is 0 Å². The van der Waals surface area contributed by atoms with Gasteiger partial charge >= 0.3 is 0 Å². The maximum atomic E-state index is 5.64. The molecule has 1 aliphatic heterocycles. The summed E-state index contributed by atoms with van der Waals surface area (Å²) in [4.78, 5) is 2.52. The van der Waals surface area contributed by atoms with E-state index in [2.05, 4.69) is 4.90 Å². The molecule has 4 heteroatoms. The summed E-state index contributed by atoms with van der Waals surface area (Å²) in [6.07, 6.45) is 5.15. The van der Waals surface area contributed by atoms with Crippen LogP contribution in [-0.2, 0) is 9.47 Å². The number of ether oxygens (including phenoxy) is 2. The van der Waals surface area contributed by atoms with Crippen molar-refractivity contribution in [1.29, 1.82) is 0 Å². The number of piperidine rings is 1. The van der Waals surface area contributed by atoms with Crippen molar-refractivity contribution in [2.24, 2.45) is 0 Å². The first-order chi connectivity index (χ1) is 7.86. The van der Waals surface area contributed by atoms with E-state index in [4.69, 9.17) is 21.1 Å². The molecule has 0 aromatic carbocycles. The summed E-state index contributed by atoms with van der Waals surface area (Å²) in [5.74, 6) is 0.608. The van der Waals surface area contributed by atoms with Gasteiger partial charge in [-0.05, 0) is 32.2 Å². The summed E-state index contributed by atoms with van der Waals surface area (Å²) in [5, 5.41) is 0. The second kappa shape index (κ2) is 9.23. The third kappa shape index (κ3) is 6.04. The van der Waals surface area contributed by atoms with Gasteiger partial charge in [-0.25, -0.2) is 0 Å². The van der Waals surface area contributed by atoms with Crippen LogP contribution in [0.25, 0.3) is 0 Å². The lowest BCUT2D eigenvalue weighted by Crippen LogP contribution is -2.37. The number of halogens is 1. The first-order valence-electron chi connectivity index (χ1n) is 6.25. The van der Waals surface area contributed by atoms with E-state index in [1.807, 2.05) is 0 Å². The molecular weight excluding hydrogens is 226 g/mol. The van der Waals surface area contributed by atoms with E-state index >= 15 is 0 Å². The number of hydrogen-bond donors (Lipinski definition) is 0. The molecule has 0 aromatic heterocycles. The molecule has 0 atom stereocenters. The standard InChI is InChI=1S/C12H24ClNO2/c1-15-10-3-2-7-14-8-4-12(5-9-14)16-11-6-13/h12H,2-11H2,1H3. The molecule has 1 fully saturated rings. The third-order valence-corrected chi connectivity index (χ3v) is 3.19. The van der Waals surface area contributed by atoms with E-state index in [0.717, 1.165) is 19.4 Å². The first kappa shape index (κ1) is 14.2. The number of alkyl halides is 1. The highest BCUT2D eigenvalue weighted by Crippen LogP contribution is 2.14. The minimum atomic E-state index is 0.439.